The quantitative estimate of drug-likeness (QED) is 0.447. The molecule has 0 aliphatic rings. The highest BCUT2D eigenvalue weighted by Crippen LogP contribution is 2.04. The number of esters is 1. The zero-order valence-electron chi connectivity index (χ0n) is 14.6. The van der Waals surface area contributed by atoms with Crippen molar-refractivity contribution >= 4 is 18.0 Å². The Morgan fingerprint density at radius 1 is 0.913 bits per heavy atom. The van der Waals surface area contributed by atoms with E-state index in [0.717, 1.165) is 19.3 Å². The number of carbonyl (C=O) groups excluding carboxylic acids is 3. The van der Waals surface area contributed by atoms with Gasteiger partial charge in [-0.05, 0) is 19.3 Å². The maximum absolute atomic E-state index is 12.3. The summed E-state index contributed by atoms with van der Waals surface area (Å²) in [6.07, 6.45) is 3.45. The van der Waals surface area contributed by atoms with E-state index in [1.165, 1.54) is 7.11 Å². The summed E-state index contributed by atoms with van der Waals surface area (Å²) in [5, 5.41) is 5.16. The molecule has 2 N–H and O–H groups in total. The molecule has 0 aliphatic heterocycles. The minimum absolute atomic E-state index is 0.351. The second-order valence-electron chi connectivity index (χ2n) is 5.35. The molecule has 0 aromatic carbocycles. The van der Waals surface area contributed by atoms with Crippen LogP contribution in [-0.4, -0.2) is 43.8 Å². The summed E-state index contributed by atoms with van der Waals surface area (Å²) in [7, 11) is 1.24. The Hall–Kier alpha value is -1.79. The van der Waals surface area contributed by atoms with E-state index < -0.39 is 30.1 Å². The van der Waals surface area contributed by atoms with Crippen LogP contribution in [0, 0.1) is 0 Å². The van der Waals surface area contributed by atoms with Gasteiger partial charge in [0.05, 0.1) is 13.7 Å². The Labute approximate surface area is 138 Å². The van der Waals surface area contributed by atoms with Gasteiger partial charge in [0.25, 0.3) is 0 Å². The van der Waals surface area contributed by atoms with E-state index in [4.69, 9.17) is 4.74 Å². The van der Waals surface area contributed by atoms with Gasteiger partial charge in [-0.1, -0.05) is 40.0 Å². The van der Waals surface area contributed by atoms with Gasteiger partial charge in [-0.3, -0.25) is 4.79 Å². The molecule has 7 nitrogen and oxygen atoms in total. The Balaban J connectivity index is 4.70. The second-order valence-corrected chi connectivity index (χ2v) is 5.35. The first-order chi connectivity index (χ1) is 11.0. The van der Waals surface area contributed by atoms with E-state index in [-0.39, 0.29) is 0 Å². The first-order valence-corrected chi connectivity index (χ1v) is 8.31. The van der Waals surface area contributed by atoms with Gasteiger partial charge >= 0.3 is 12.1 Å². The van der Waals surface area contributed by atoms with Crippen molar-refractivity contribution in [2.24, 2.45) is 0 Å². The van der Waals surface area contributed by atoms with Gasteiger partial charge < -0.3 is 20.1 Å². The molecule has 0 bridgehead atoms. The highest BCUT2D eigenvalue weighted by atomic mass is 16.5. The Morgan fingerprint density at radius 3 is 2.04 bits per heavy atom. The van der Waals surface area contributed by atoms with Crippen LogP contribution in [0.25, 0.3) is 0 Å². The number of methoxy groups -OCH3 is 1. The summed E-state index contributed by atoms with van der Waals surface area (Å²) < 4.78 is 9.70. The number of hydrogen-bond acceptors (Lipinski definition) is 5. The van der Waals surface area contributed by atoms with Crippen molar-refractivity contribution in [3.8, 4) is 0 Å². The Kier molecular flexibility index (Phi) is 11.7. The van der Waals surface area contributed by atoms with Gasteiger partial charge in [-0.15, -0.1) is 0 Å². The monoisotopic (exact) mass is 330 g/mol. The van der Waals surface area contributed by atoms with Crippen LogP contribution in [0.5, 0.6) is 0 Å². The molecule has 0 aromatic heterocycles. The summed E-state index contributed by atoms with van der Waals surface area (Å²) >= 11 is 0. The van der Waals surface area contributed by atoms with Crippen LogP contribution in [0.3, 0.4) is 0 Å². The maximum Gasteiger partial charge on any atom is 0.407 e. The third kappa shape index (κ3) is 9.05. The minimum atomic E-state index is -0.727. The summed E-state index contributed by atoms with van der Waals surface area (Å²) in [5.74, 6) is -0.829. The van der Waals surface area contributed by atoms with E-state index in [9.17, 15) is 14.4 Å². The molecule has 0 saturated heterocycles. The predicted octanol–water partition coefficient (Wildman–Crippen LogP) is 2.14. The topological polar surface area (TPSA) is 93.7 Å². The second kappa shape index (κ2) is 12.7. The van der Waals surface area contributed by atoms with Crippen LogP contribution >= 0.6 is 0 Å². The molecular formula is C16H30N2O5. The van der Waals surface area contributed by atoms with E-state index in [1.54, 1.807) is 0 Å². The van der Waals surface area contributed by atoms with Gasteiger partial charge in [-0.25, -0.2) is 9.59 Å². The van der Waals surface area contributed by atoms with Crippen LogP contribution in [-0.2, 0) is 19.1 Å². The lowest BCUT2D eigenvalue weighted by Crippen LogP contribution is -2.51. The fourth-order valence-electron chi connectivity index (χ4n) is 1.99. The van der Waals surface area contributed by atoms with E-state index in [2.05, 4.69) is 15.4 Å². The first kappa shape index (κ1) is 21.2. The molecule has 134 valence electrons. The molecule has 0 aromatic rings. The SMILES string of the molecule is CCCCOC(=O)C(CCC)NC(=O)C(CCC)NC(=O)OC. The van der Waals surface area contributed by atoms with Gasteiger partial charge in [0, 0.05) is 0 Å². The standard InChI is InChI=1S/C16H30N2O5/c1-5-8-11-23-15(20)13(10-7-3)17-14(19)12(9-6-2)18-16(21)22-4/h12-13H,5-11H2,1-4H3,(H,17,19)(H,18,21). The Bertz CT molecular complexity index is 373. The molecule has 2 amide bonds. The highest BCUT2D eigenvalue weighted by Gasteiger charge is 2.26. The summed E-state index contributed by atoms with van der Waals surface area (Å²) in [5.41, 5.74) is 0. The fourth-order valence-corrected chi connectivity index (χ4v) is 1.99. The van der Waals surface area contributed by atoms with Gasteiger partial charge in [0.2, 0.25) is 5.91 Å². The summed E-state index contributed by atoms with van der Waals surface area (Å²) in [4.78, 5) is 35.7. The van der Waals surface area contributed by atoms with Gasteiger partial charge in [0.15, 0.2) is 0 Å². The van der Waals surface area contributed by atoms with E-state index in [1.807, 2.05) is 20.8 Å². The van der Waals surface area contributed by atoms with Crippen molar-refractivity contribution in [2.45, 2.75) is 71.4 Å². The van der Waals surface area contributed by atoms with Crippen molar-refractivity contribution < 1.29 is 23.9 Å². The number of amides is 2. The predicted molar refractivity (Wildman–Crippen MR) is 86.9 cm³/mol. The molecule has 23 heavy (non-hydrogen) atoms. The zero-order valence-corrected chi connectivity index (χ0v) is 14.6. The lowest BCUT2D eigenvalue weighted by atomic mass is 10.1. The van der Waals surface area contributed by atoms with Crippen LogP contribution in [0.4, 0.5) is 4.79 Å². The average molecular weight is 330 g/mol. The van der Waals surface area contributed by atoms with Crippen molar-refractivity contribution in [1.29, 1.82) is 0 Å². The molecule has 0 fully saturated rings. The van der Waals surface area contributed by atoms with E-state index in [0.29, 0.717) is 25.9 Å². The molecule has 0 radical (unpaired) electrons. The molecule has 0 aliphatic carbocycles. The number of nitrogens with one attached hydrogen (secondary N) is 2. The molecule has 0 rings (SSSR count). The smallest absolute Gasteiger partial charge is 0.407 e. The van der Waals surface area contributed by atoms with Gasteiger partial charge in [-0.2, -0.15) is 0 Å². The van der Waals surface area contributed by atoms with Crippen molar-refractivity contribution in [3.63, 3.8) is 0 Å². The molecule has 2 atom stereocenters. The largest absolute Gasteiger partial charge is 0.464 e. The number of alkyl carbamates (subject to hydrolysis) is 1. The molecule has 0 heterocycles. The van der Waals surface area contributed by atoms with Crippen molar-refractivity contribution in [3.05, 3.63) is 0 Å². The number of carbonyl (C=O) groups is 3. The van der Waals surface area contributed by atoms with E-state index >= 15 is 0 Å². The van der Waals surface area contributed by atoms with Crippen LogP contribution in [0.1, 0.15) is 59.3 Å². The molecular weight excluding hydrogens is 300 g/mol. The van der Waals surface area contributed by atoms with Crippen molar-refractivity contribution in [2.75, 3.05) is 13.7 Å². The Morgan fingerprint density at radius 2 is 1.52 bits per heavy atom. The zero-order chi connectivity index (χ0) is 17.7. The number of hydrogen-bond donors (Lipinski definition) is 2. The molecule has 2 unspecified atom stereocenters. The van der Waals surface area contributed by atoms with Gasteiger partial charge in [0.1, 0.15) is 12.1 Å². The minimum Gasteiger partial charge on any atom is -0.464 e. The lowest BCUT2D eigenvalue weighted by molar-refractivity contribution is -0.148. The molecule has 7 heteroatoms. The fraction of sp³-hybridized carbons (Fsp3) is 0.812. The summed E-state index contributed by atoms with van der Waals surface area (Å²) in [6, 6.07) is -1.42. The third-order valence-corrected chi connectivity index (χ3v) is 3.29. The highest BCUT2D eigenvalue weighted by molar-refractivity contribution is 5.89. The van der Waals surface area contributed by atoms with Crippen LogP contribution in [0.2, 0.25) is 0 Å². The molecule has 0 saturated carbocycles. The maximum atomic E-state index is 12.3. The molecule has 0 spiro atoms. The van der Waals surface area contributed by atoms with Crippen molar-refractivity contribution in [1.82, 2.24) is 10.6 Å². The van der Waals surface area contributed by atoms with Crippen LogP contribution in [0.15, 0.2) is 0 Å². The number of rotatable bonds is 11. The third-order valence-electron chi connectivity index (χ3n) is 3.29. The van der Waals surface area contributed by atoms with Crippen LogP contribution < -0.4 is 10.6 Å². The number of unbranched alkanes of at least 4 members (excludes halogenated alkanes) is 1. The first-order valence-electron chi connectivity index (χ1n) is 8.31. The normalized spacial score (nSPS) is 12.9. The number of ether oxygens (including phenoxy) is 2. The lowest BCUT2D eigenvalue weighted by Gasteiger charge is -2.21. The summed E-state index contributed by atoms with van der Waals surface area (Å²) in [6.45, 7) is 6.19. The average Bonchev–Trinajstić information content (AvgIpc) is 2.53.